The molecule has 1 aliphatic heterocycles. The zero-order chi connectivity index (χ0) is 19.1. The molecule has 6 heteroatoms. The summed E-state index contributed by atoms with van der Waals surface area (Å²) in [5.41, 5.74) is 1.05. The predicted octanol–water partition coefficient (Wildman–Crippen LogP) is 2.40. The maximum atomic E-state index is 12.2. The van der Waals surface area contributed by atoms with Crippen LogP contribution in [0.1, 0.15) is 38.2 Å². The lowest BCUT2D eigenvalue weighted by molar-refractivity contribution is -0.119. The van der Waals surface area contributed by atoms with Crippen LogP contribution in [0.5, 0.6) is 5.75 Å². The van der Waals surface area contributed by atoms with Gasteiger partial charge in [-0.05, 0) is 49.3 Å². The van der Waals surface area contributed by atoms with E-state index in [1.807, 2.05) is 24.3 Å². The standard InChI is InChI=1S/C21H32N4O2/c1-3-22-21(25-14-17-6-4-5-7-18(17)15-25)24-13-20(26)23-12-16-8-10-19(27-2)11-9-16/h8-11,17-18H,3-7,12-15H2,1-2H3,(H,22,24)(H,23,26). The molecule has 1 aliphatic carbocycles. The molecule has 2 N–H and O–H groups in total. The highest BCUT2D eigenvalue weighted by Gasteiger charge is 2.35. The van der Waals surface area contributed by atoms with Crippen molar-refractivity contribution in [3.63, 3.8) is 0 Å². The first-order valence-corrected chi connectivity index (χ1v) is 10.1. The molecule has 0 bridgehead atoms. The first-order valence-electron chi connectivity index (χ1n) is 10.1. The first kappa shape index (κ1) is 19.5. The zero-order valence-corrected chi connectivity index (χ0v) is 16.5. The average molecular weight is 373 g/mol. The number of nitrogens with one attached hydrogen (secondary N) is 2. The second kappa shape index (κ2) is 9.62. The number of ether oxygens (including phenoxy) is 1. The van der Waals surface area contributed by atoms with Crippen LogP contribution in [-0.4, -0.2) is 50.1 Å². The van der Waals surface area contributed by atoms with Gasteiger partial charge >= 0.3 is 0 Å². The number of benzene rings is 1. The number of aliphatic imine (C=N–C) groups is 1. The van der Waals surface area contributed by atoms with E-state index in [2.05, 4.69) is 27.4 Å². The topological polar surface area (TPSA) is 66.0 Å². The number of amides is 1. The lowest BCUT2D eigenvalue weighted by Gasteiger charge is -2.22. The summed E-state index contributed by atoms with van der Waals surface area (Å²) in [5, 5.41) is 6.30. The van der Waals surface area contributed by atoms with Crippen molar-refractivity contribution in [2.24, 2.45) is 16.8 Å². The van der Waals surface area contributed by atoms with E-state index in [-0.39, 0.29) is 12.5 Å². The van der Waals surface area contributed by atoms with Crippen LogP contribution >= 0.6 is 0 Å². The summed E-state index contributed by atoms with van der Waals surface area (Å²) in [7, 11) is 1.64. The van der Waals surface area contributed by atoms with E-state index >= 15 is 0 Å². The van der Waals surface area contributed by atoms with Crippen molar-refractivity contribution in [2.45, 2.75) is 39.2 Å². The molecule has 2 unspecified atom stereocenters. The van der Waals surface area contributed by atoms with Gasteiger partial charge in [0.1, 0.15) is 12.3 Å². The minimum atomic E-state index is -0.0576. The first-order chi connectivity index (χ1) is 13.2. The molecular formula is C21H32N4O2. The summed E-state index contributed by atoms with van der Waals surface area (Å²) >= 11 is 0. The van der Waals surface area contributed by atoms with Crippen LogP contribution in [0.3, 0.4) is 0 Å². The highest BCUT2D eigenvalue weighted by Crippen LogP contribution is 2.35. The monoisotopic (exact) mass is 372 g/mol. The molecule has 1 saturated heterocycles. The molecule has 0 spiro atoms. The summed E-state index contributed by atoms with van der Waals surface area (Å²) < 4.78 is 5.15. The normalized spacial score (nSPS) is 22.3. The fraction of sp³-hybridized carbons (Fsp3) is 0.619. The van der Waals surface area contributed by atoms with E-state index in [1.165, 1.54) is 25.7 Å². The van der Waals surface area contributed by atoms with Gasteiger partial charge in [-0.15, -0.1) is 0 Å². The largest absolute Gasteiger partial charge is 0.497 e. The lowest BCUT2D eigenvalue weighted by atomic mass is 9.82. The minimum absolute atomic E-state index is 0.0576. The molecule has 1 heterocycles. The van der Waals surface area contributed by atoms with Crippen molar-refractivity contribution < 1.29 is 9.53 Å². The predicted molar refractivity (Wildman–Crippen MR) is 108 cm³/mol. The minimum Gasteiger partial charge on any atom is -0.497 e. The number of guanidine groups is 1. The van der Waals surface area contributed by atoms with Crippen LogP contribution in [-0.2, 0) is 11.3 Å². The van der Waals surface area contributed by atoms with Gasteiger partial charge in [0.15, 0.2) is 5.96 Å². The van der Waals surface area contributed by atoms with Crippen molar-refractivity contribution in [1.82, 2.24) is 15.5 Å². The van der Waals surface area contributed by atoms with Crippen LogP contribution in [0, 0.1) is 11.8 Å². The fourth-order valence-corrected chi connectivity index (χ4v) is 4.15. The Labute approximate surface area is 162 Å². The quantitative estimate of drug-likeness (QED) is 0.594. The maximum absolute atomic E-state index is 12.2. The SMILES string of the molecule is CCNC(=NCC(=O)NCc1ccc(OC)cc1)N1CC2CCCCC2C1. The summed E-state index contributed by atoms with van der Waals surface area (Å²) in [6.45, 7) is 5.70. The van der Waals surface area contributed by atoms with E-state index in [0.717, 1.165) is 48.7 Å². The maximum Gasteiger partial charge on any atom is 0.242 e. The number of nitrogens with zero attached hydrogens (tertiary/aromatic N) is 2. The molecule has 3 rings (SSSR count). The Morgan fingerprint density at radius 1 is 1.15 bits per heavy atom. The van der Waals surface area contributed by atoms with Gasteiger partial charge in [-0.1, -0.05) is 25.0 Å². The molecule has 2 fully saturated rings. The third kappa shape index (κ3) is 5.37. The van der Waals surface area contributed by atoms with E-state index in [1.54, 1.807) is 7.11 Å². The molecule has 148 valence electrons. The van der Waals surface area contributed by atoms with Crippen LogP contribution in [0.15, 0.2) is 29.3 Å². The van der Waals surface area contributed by atoms with Gasteiger partial charge in [0.05, 0.1) is 7.11 Å². The van der Waals surface area contributed by atoms with E-state index < -0.39 is 0 Å². The van der Waals surface area contributed by atoms with Gasteiger partial charge in [-0.2, -0.15) is 0 Å². The van der Waals surface area contributed by atoms with E-state index in [9.17, 15) is 4.79 Å². The van der Waals surface area contributed by atoms with Crippen LogP contribution in [0.4, 0.5) is 0 Å². The third-order valence-corrected chi connectivity index (χ3v) is 5.63. The van der Waals surface area contributed by atoms with Crippen molar-refractivity contribution in [3.8, 4) is 5.75 Å². The molecule has 1 amide bonds. The Bertz CT molecular complexity index is 630. The highest BCUT2D eigenvalue weighted by molar-refractivity contribution is 5.85. The Morgan fingerprint density at radius 2 is 1.81 bits per heavy atom. The van der Waals surface area contributed by atoms with Crippen LogP contribution in [0.2, 0.25) is 0 Å². The molecule has 2 atom stereocenters. The van der Waals surface area contributed by atoms with Gasteiger partial charge in [0.2, 0.25) is 5.91 Å². The smallest absolute Gasteiger partial charge is 0.242 e. The van der Waals surface area contributed by atoms with Gasteiger partial charge in [-0.25, -0.2) is 4.99 Å². The molecule has 1 saturated carbocycles. The number of likely N-dealkylation sites (tertiary alicyclic amines) is 1. The van der Waals surface area contributed by atoms with Crippen molar-refractivity contribution in [1.29, 1.82) is 0 Å². The second-order valence-corrected chi connectivity index (χ2v) is 7.50. The second-order valence-electron chi connectivity index (χ2n) is 7.50. The third-order valence-electron chi connectivity index (χ3n) is 5.63. The number of carbonyl (C=O) groups is 1. The number of carbonyl (C=O) groups excluding carboxylic acids is 1. The number of methoxy groups -OCH3 is 1. The summed E-state index contributed by atoms with van der Waals surface area (Å²) in [6.07, 6.45) is 5.39. The van der Waals surface area contributed by atoms with Gasteiger partial charge < -0.3 is 20.3 Å². The average Bonchev–Trinajstić information content (AvgIpc) is 3.14. The molecular weight excluding hydrogens is 340 g/mol. The molecule has 6 nitrogen and oxygen atoms in total. The number of fused-ring (bicyclic) bond motifs is 1. The van der Waals surface area contributed by atoms with Gasteiger partial charge in [0, 0.05) is 26.2 Å². The molecule has 0 radical (unpaired) electrons. The summed E-state index contributed by atoms with van der Waals surface area (Å²) in [6, 6.07) is 7.71. The lowest BCUT2D eigenvalue weighted by Crippen LogP contribution is -2.41. The Morgan fingerprint density at radius 3 is 2.41 bits per heavy atom. The molecule has 2 aliphatic rings. The molecule has 0 aromatic heterocycles. The Hall–Kier alpha value is -2.24. The Balaban J connectivity index is 1.50. The van der Waals surface area contributed by atoms with Crippen molar-refractivity contribution in [3.05, 3.63) is 29.8 Å². The molecule has 1 aromatic carbocycles. The van der Waals surface area contributed by atoms with E-state index in [0.29, 0.717) is 6.54 Å². The highest BCUT2D eigenvalue weighted by atomic mass is 16.5. The number of rotatable bonds is 6. The van der Waals surface area contributed by atoms with Crippen LogP contribution in [0.25, 0.3) is 0 Å². The van der Waals surface area contributed by atoms with Gasteiger partial charge in [-0.3, -0.25) is 4.79 Å². The van der Waals surface area contributed by atoms with Crippen molar-refractivity contribution in [2.75, 3.05) is 33.3 Å². The summed E-state index contributed by atoms with van der Waals surface area (Å²) in [4.78, 5) is 19.2. The van der Waals surface area contributed by atoms with Crippen LogP contribution < -0.4 is 15.4 Å². The fourth-order valence-electron chi connectivity index (χ4n) is 4.15. The summed E-state index contributed by atoms with van der Waals surface area (Å²) in [5.74, 6) is 3.23. The number of hydrogen-bond acceptors (Lipinski definition) is 3. The zero-order valence-electron chi connectivity index (χ0n) is 16.5. The van der Waals surface area contributed by atoms with E-state index in [4.69, 9.17) is 4.74 Å². The molecule has 1 aromatic rings. The molecule has 27 heavy (non-hydrogen) atoms. The van der Waals surface area contributed by atoms with Gasteiger partial charge in [0.25, 0.3) is 0 Å². The number of hydrogen-bond donors (Lipinski definition) is 2. The van der Waals surface area contributed by atoms with Crippen molar-refractivity contribution >= 4 is 11.9 Å². The Kier molecular flexibility index (Phi) is 6.96.